The third-order valence-corrected chi connectivity index (χ3v) is 4.43. The lowest BCUT2D eigenvalue weighted by atomic mass is 9.92. The Balaban J connectivity index is 1.97. The smallest absolute Gasteiger partial charge is 0.320 e. The molecule has 5 nitrogen and oxygen atoms in total. The standard InChI is InChI=1S/C13H22N2O3/c1-9-4-3-6-15(10(9)2)13(18)14-7-5-11(8-14)12(16)17/h9-11H,3-8H2,1-2H3,(H,16,17). The van der Waals surface area contributed by atoms with Gasteiger partial charge in [0, 0.05) is 25.7 Å². The van der Waals surface area contributed by atoms with Gasteiger partial charge in [-0.15, -0.1) is 0 Å². The van der Waals surface area contributed by atoms with Gasteiger partial charge in [0.25, 0.3) is 0 Å². The molecule has 0 saturated carbocycles. The predicted molar refractivity (Wildman–Crippen MR) is 67.3 cm³/mol. The molecule has 0 aromatic heterocycles. The number of amides is 2. The number of nitrogens with zero attached hydrogens (tertiary/aromatic N) is 2. The molecule has 2 fully saturated rings. The van der Waals surface area contributed by atoms with E-state index in [-0.39, 0.29) is 18.0 Å². The lowest BCUT2D eigenvalue weighted by Gasteiger charge is -2.39. The molecule has 0 radical (unpaired) electrons. The van der Waals surface area contributed by atoms with Gasteiger partial charge >= 0.3 is 12.0 Å². The lowest BCUT2D eigenvalue weighted by Crippen LogP contribution is -2.51. The van der Waals surface area contributed by atoms with E-state index in [2.05, 4.69) is 13.8 Å². The maximum absolute atomic E-state index is 12.4. The first-order valence-corrected chi connectivity index (χ1v) is 6.79. The molecule has 0 aromatic rings. The fourth-order valence-corrected chi connectivity index (χ4v) is 2.92. The molecular weight excluding hydrogens is 232 g/mol. The van der Waals surface area contributed by atoms with Gasteiger partial charge in [-0.1, -0.05) is 6.92 Å². The highest BCUT2D eigenvalue weighted by Gasteiger charge is 2.36. The van der Waals surface area contributed by atoms with Gasteiger partial charge in [-0.25, -0.2) is 4.79 Å². The van der Waals surface area contributed by atoms with E-state index in [9.17, 15) is 9.59 Å². The van der Waals surface area contributed by atoms with Gasteiger partial charge in [-0.3, -0.25) is 4.79 Å². The van der Waals surface area contributed by atoms with Crippen LogP contribution in [0.4, 0.5) is 4.79 Å². The second kappa shape index (κ2) is 5.16. The van der Waals surface area contributed by atoms with Crippen molar-refractivity contribution in [1.82, 2.24) is 9.80 Å². The monoisotopic (exact) mass is 254 g/mol. The number of piperidine rings is 1. The fourth-order valence-electron chi connectivity index (χ4n) is 2.92. The Bertz CT molecular complexity index is 345. The van der Waals surface area contributed by atoms with E-state index >= 15 is 0 Å². The van der Waals surface area contributed by atoms with Crippen LogP contribution in [0.15, 0.2) is 0 Å². The number of hydrogen-bond acceptors (Lipinski definition) is 2. The maximum Gasteiger partial charge on any atom is 0.320 e. The van der Waals surface area contributed by atoms with Gasteiger partial charge < -0.3 is 14.9 Å². The molecule has 0 aromatic carbocycles. The van der Waals surface area contributed by atoms with Gasteiger partial charge in [-0.2, -0.15) is 0 Å². The van der Waals surface area contributed by atoms with Crippen LogP contribution < -0.4 is 0 Å². The molecule has 3 atom stereocenters. The van der Waals surface area contributed by atoms with E-state index in [1.54, 1.807) is 4.90 Å². The third kappa shape index (κ3) is 2.44. The van der Waals surface area contributed by atoms with Crippen molar-refractivity contribution in [3.8, 4) is 0 Å². The maximum atomic E-state index is 12.4. The second-order valence-corrected chi connectivity index (χ2v) is 5.61. The highest BCUT2D eigenvalue weighted by molar-refractivity contribution is 5.77. The molecule has 5 heteroatoms. The normalized spacial score (nSPS) is 32.7. The van der Waals surface area contributed by atoms with Crippen molar-refractivity contribution in [2.24, 2.45) is 11.8 Å². The summed E-state index contributed by atoms with van der Waals surface area (Å²) < 4.78 is 0. The van der Waals surface area contributed by atoms with Gasteiger partial charge in [0.15, 0.2) is 0 Å². The second-order valence-electron chi connectivity index (χ2n) is 5.61. The molecule has 2 aliphatic heterocycles. The molecule has 2 amide bonds. The number of carbonyl (C=O) groups excluding carboxylic acids is 1. The van der Waals surface area contributed by atoms with E-state index in [1.807, 2.05) is 4.90 Å². The van der Waals surface area contributed by atoms with Gasteiger partial charge in [0.1, 0.15) is 0 Å². The third-order valence-electron chi connectivity index (χ3n) is 4.43. The summed E-state index contributed by atoms with van der Waals surface area (Å²) in [6.45, 7) is 6.01. The number of aliphatic carboxylic acids is 1. The largest absolute Gasteiger partial charge is 0.481 e. The van der Waals surface area contributed by atoms with Crippen molar-refractivity contribution < 1.29 is 14.7 Å². The van der Waals surface area contributed by atoms with Crippen molar-refractivity contribution >= 4 is 12.0 Å². The molecule has 2 rings (SSSR count). The summed E-state index contributed by atoms with van der Waals surface area (Å²) >= 11 is 0. The molecule has 3 unspecified atom stereocenters. The van der Waals surface area contributed by atoms with E-state index in [1.165, 1.54) is 6.42 Å². The number of urea groups is 1. The molecule has 1 N–H and O–H groups in total. The summed E-state index contributed by atoms with van der Waals surface area (Å²) in [4.78, 5) is 26.9. The Kier molecular flexibility index (Phi) is 3.78. The summed E-state index contributed by atoms with van der Waals surface area (Å²) in [7, 11) is 0. The molecule has 0 bridgehead atoms. The van der Waals surface area contributed by atoms with E-state index in [4.69, 9.17) is 5.11 Å². The summed E-state index contributed by atoms with van der Waals surface area (Å²) in [6.07, 6.45) is 2.80. The molecule has 102 valence electrons. The minimum absolute atomic E-state index is 0.0257. The summed E-state index contributed by atoms with van der Waals surface area (Å²) in [6, 6.07) is 0.285. The topological polar surface area (TPSA) is 60.9 Å². The Labute approximate surface area is 108 Å². The Morgan fingerprint density at radius 1 is 1.17 bits per heavy atom. The summed E-state index contributed by atoms with van der Waals surface area (Å²) in [5, 5.41) is 8.97. The SMILES string of the molecule is CC1CCCN(C(=O)N2CCC(C(=O)O)C2)C1C. The van der Waals surface area contributed by atoms with Crippen LogP contribution >= 0.6 is 0 Å². The van der Waals surface area contributed by atoms with Crippen molar-refractivity contribution in [2.75, 3.05) is 19.6 Å². The van der Waals surface area contributed by atoms with Gasteiger partial charge in [0.2, 0.25) is 0 Å². The van der Waals surface area contributed by atoms with Crippen LogP contribution in [0.5, 0.6) is 0 Å². The first kappa shape index (κ1) is 13.2. The number of carboxylic acids is 1. The average Bonchev–Trinajstić information content (AvgIpc) is 2.81. The summed E-state index contributed by atoms with van der Waals surface area (Å²) in [5.74, 6) is -0.641. The first-order valence-electron chi connectivity index (χ1n) is 6.79. The van der Waals surface area contributed by atoms with E-state index in [0.29, 0.717) is 25.4 Å². The van der Waals surface area contributed by atoms with Crippen LogP contribution in [0, 0.1) is 11.8 Å². The van der Waals surface area contributed by atoms with Crippen LogP contribution in [0.3, 0.4) is 0 Å². The van der Waals surface area contributed by atoms with Crippen LogP contribution in [0.25, 0.3) is 0 Å². The summed E-state index contributed by atoms with van der Waals surface area (Å²) in [5.41, 5.74) is 0. The van der Waals surface area contributed by atoms with Crippen molar-refractivity contribution in [1.29, 1.82) is 0 Å². The molecule has 2 saturated heterocycles. The number of hydrogen-bond donors (Lipinski definition) is 1. The average molecular weight is 254 g/mol. The molecule has 2 aliphatic rings. The zero-order valence-corrected chi connectivity index (χ0v) is 11.1. The molecule has 2 heterocycles. The number of carboxylic acid groups (broad SMARTS) is 1. The number of likely N-dealkylation sites (tertiary alicyclic amines) is 2. The lowest BCUT2D eigenvalue weighted by molar-refractivity contribution is -0.141. The highest BCUT2D eigenvalue weighted by Crippen LogP contribution is 2.26. The van der Waals surface area contributed by atoms with Crippen molar-refractivity contribution in [3.05, 3.63) is 0 Å². The fraction of sp³-hybridized carbons (Fsp3) is 0.846. The van der Waals surface area contributed by atoms with E-state index in [0.717, 1.165) is 13.0 Å². The predicted octanol–water partition coefficient (Wildman–Crippen LogP) is 1.63. The molecule has 0 spiro atoms. The molecule has 18 heavy (non-hydrogen) atoms. The zero-order valence-electron chi connectivity index (χ0n) is 11.1. The zero-order chi connectivity index (χ0) is 13.3. The van der Waals surface area contributed by atoms with Crippen LogP contribution in [-0.2, 0) is 4.79 Å². The van der Waals surface area contributed by atoms with Crippen LogP contribution in [0.1, 0.15) is 33.1 Å². The Hall–Kier alpha value is -1.26. The Morgan fingerprint density at radius 3 is 2.50 bits per heavy atom. The van der Waals surface area contributed by atoms with E-state index < -0.39 is 5.97 Å². The number of rotatable bonds is 1. The highest BCUT2D eigenvalue weighted by atomic mass is 16.4. The van der Waals surface area contributed by atoms with Crippen molar-refractivity contribution in [2.45, 2.75) is 39.2 Å². The first-order chi connectivity index (χ1) is 8.50. The minimum Gasteiger partial charge on any atom is -0.481 e. The number of carbonyl (C=O) groups is 2. The van der Waals surface area contributed by atoms with Gasteiger partial charge in [0.05, 0.1) is 5.92 Å². The quantitative estimate of drug-likeness (QED) is 0.773. The molecule has 0 aliphatic carbocycles. The minimum atomic E-state index is -0.787. The van der Waals surface area contributed by atoms with Crippen molar-refractivity contribution in [3.63, 3.8) is 0 Å². The van der Waals surface area contributed by atoms with Crippen LogP contribution in [-0.4, -0.2) is 52.6 Å². The van der Waals surface area contributed by atoms with Gasteiger partial charge in [-0.05, 0) is 32.1 Å². The Morgan fingerprint density at radius 2 is 1.89 bits per heavy atom. The van der Waals surface area contributed by atoms with Crippen LogP contribution in [0.2, 0.25) is 0 Å². The molecular formula is C13H22N2O3.